The number of aliphatic carboxylic acids is 1. The molecule has 0 bridgehead atoms. The molecular weight excluding hydrogens is 1110 g/mol. The molecule has 1 saturated heterocycles. The maximum atomic E-state index is 13.7. The molecule has 0 aliphatic carbocycles. The van der Waals surface area contributed by atoms with Gasteiger partial charge in [-0.2, -0.15) is 0 Å². The second-order valence-corrected chi connectivity index (χ2v) is 20.7. The quantitative estimate of drug-likeness (QED) is 0.0173. The molecule has 1 aromatic carbocycles. The Labute approximate surface area is 484 Å². The number of nitrogens with zero attached hydrogens (tertiary/aromatic N) is 2. The van der Waals surface area contributed by atoms with Crippen molar-refractivity contribution in [3.05, 3.63) is 29.8 Å². The van der Waals surface area contributed by atoms with Crippen LogP contribution in [0.1, 0.15) is 86.1 Å². The molecule has 1 aliphatic heterocycles. The van der Waals surface area contributed by atoms with Crippen LogP contribution in [0.2, 0.25) is 0 Å². The molecular formula is C51H82N16O17. The zero-order valence-electron chi connectivity index (χ0n) is 47.9. The van der Waals surface area contributed by atoms with Crippen molar-refractivity contribution in [2.45, 2.75) is 154 Å². The fourth-order valence-electron chi connectivity index (χ4n) is 8.05. The molecule has 84 heavy (non-hydrogen) atoms. The molecule has 0 saturated carbocycles. The third kappa shape index (κ3) is 24.0. The minimum atomic E-state index is -1.89. The number of phenols is 1. The van der Waals surface area contributed by atoms with Gasteiger partial charge in [0.05, 0.1) is 38.3 Å². The Morgan fingerprint density at radius 1 is 0.631 bits per heavy atom. The van der Waals surface area contributed by atoms with Crippen LogP contribution in [0, 0.1) is 11.8 Å². The van der Waals surface area contributed by atoms with Crippen LogP contribution in [0.25, 0.3) is 0 Å². The van der Waals surface area contributed by atoms with Crippen molar-refractivity contribution in [3.8, 4) is 5.75 Å². The zero-order chi connectivity index (χ0) is 63.7. The Hall–Kier alpha value is -8.72. The van der Waals surface area contributed by atoms with E-state index in [1.165, 1.54) is 38.1 Å². The number of rotatable bonds is 34. The molecule has 0 radical (unpaired) electrons. The minimum absolute atomic E-state index is 0.0149. The third-order valence-corrected chi connectivity index (χ3v) is 13.0. The second-order valence-electron chi connectivity index (χ2n) is 20.7. The molecule has 0 unspecified atom stereocenters. The molecule has 33 nitrogen and oxygen atoms in total. The van der Waals surface area contributed by atoms with Crippen molar-refractivity contribution >= 4 is 82.8 Å². The second kappa shape index (κ2) is 34.7. The Bertz CT molecular complexity index is 2550. The van der Waals surface area contributed by atoms with Crippen molar-refractivity contribution in [3.63, 3.8) is 0 Å². The number of phenolic OH excluding ortho intramolecular Hbond substituents is 1. The van der Waals surface area contributed by atoms with Gasteiger partial charge in [-0.05, 0) is 76.0 Å². The van der Waals surface area contributed by atoms with Crippen molar-refractivity contribution in [2.75, 3.05) is 32.8 Å². The Morgan fingerprint density at radius 2 is 1.19 bits per heavy atom. The standard InChI is InChI=1S/C51H82N16O17/c1-23(2)38(52)47(81)63-31(18-28-12-14-29(70)15-13-28)44(78)60-26(6)42(76)65-39(24(3)4)49(83)66-40(27(7)69)48(82)58-21-35(71)61-30(10-8-16-56-51(54)55)43(77)57-20-36(72)62-32(19-37(73)74)45(79)64-33(22-68)50(84)67-17-9-11-34(67)46(80)59-25(5)41(53)75/h12-15,23-27,30-34,38-40,68-70H,8-11,16-22,52H2,1-7H3,(H2,53,75)(H,57,77)(H,58,82)(H,59,80)(H,60,78)(H,61,71)(H,62,72)(H,63,81)(H,64,79)(H,65,76)(H,66,83)(H,73,74)(H4,54,55,56)/t25-,26-,27+,30-,31-,32-,33-,34+,38-,39-,40-/m0/s1. The van der Waals surface area contributed by atoms with Crippen LogP contribution in [-0.2, 0) is 68.7 Å². The first kappa shape index (κ1) is 71.4. The van der Waals surface area contributed by atoms with Gasteiger partial charge in [0.15, 0.2) is 5.96 Å². The van der Waals surface area contributed by atoms with E-state index in [0.29, 0.717) is 12.0 Å². The predicted octanol–water partition coefficient (Wildman–Crippen LogP) is -7.90. The van der Waals surface area contributed by atoms with Crippen molar-refractivity contribution in [2.24, 2.45) is 39.8 Å². The molecule has 11 atom stereocenters. The first-order valence-electron chi connectivity index (χ1n) is 26.9. The molecule has 1 heterocycles. The van der Waals surface area contributed by atoms with Gasteiger partial charge in [0.25, 0.3) is 0 Å². The number of aliphatic hydroxyl groups is 2. The minimum Gasteiger partial charge on any atom is -0.508 e. The number of aliphatic imine (C=N–C) groups is 1. The summed E-state index contributed by atoms with van der Waals surface area (Å²) in [6.07, 6.45) is -2.35. The number of likely N-dealkylation sites (tertiary alicyclic amines) is 1. The maximum absolute atomic E-state index is 13.7. The van der Waals surface area contributed by atoms with E-state index in [1.807, 2.05) is 0 Å². The summed E-state index contributed by atoms with van der Waals surface area (Å²) in [5.41, 5.74) is 22.6. The monoisotopic (exact) mass is 1190 g/mol. The van der Waals surface area contributed by atoms with Crippen LogP contribution in [0.4, 0.5) is 0 Å². The number of hydrogen-bond donors (Lipinski definition) is 18. The SMILES string of the molecule is CC(C)[C@H](N)C(=O)N[C@@H](Cc1ccc(O)cc1)C(=O)N[C@@H](C)C(=O)N[C@H](C(=O)N[C@H](C(=O)NCC(=O)N[C@@H](CCCN=C(N)N)C(=O)NCC(=O)N[C@@H](CC(=O)O)C(=O)N[C@@H](CO)C(=O)N1CCC[C@@H]1C(=O)N[C@@H](C)C(N)=O)[C@@H](C)O)C(C)C. The number of carbonyl (C=O) groups excluding carboxylic acids is 12. The summed E-state index contributed by atoms with van der Waals surface area (Å²) in [4.78, 5) is 175. The highest BCUT2D eigenvalue weighted by atomic mass is 16.4. The van der Waals surface area contributed by atoms with Gasteiger partial charge in [-0.3, -0.25) is 67.3 Å². The number of nitrogens with two attached hydrogens (primary N) is 4. The molecule has 12 amide bonds. The number of carbonyl (C=O) groups is 13. The highest BCUT2D eigenvalue weighted by Gasteiger charge is 2.40. The Kier molecular flexibility index (Phi) is 29.5. The van der Waals surface area contributed by atoms with Gasteiger partial charge >= 0.3 is 5.97 Å². The average Bonchev–Trinajstić information content (AvgIpc) is 4.16. The highest BCUT2D eigenvalue weighted by Crippen LogP contribution is 2.19. The lowest BCUT2D eigenvalue weighted by Crippen LogP contribution is -2.61. The van der Waals surface area contributed by atoms with Gasteiger partial charge in [0, 0.05) is 19.5 Å². The fraction of sp³-hybridized carbons (Fsp3) is 0.608. The van der Waals surface area contributed by atoms with Crippen LogP contribution in [-0.4, -0.2) is 207 Å². The lowest BCUT2D eigenvalue weighted by molar-refractivity contribution is -0.144. The summed E-state index contributed by atoms with van der Waals surface area (Å²) < 4.78 is 0. The smallest absolute Gasteiger partial charge is 0.305 e. The normalized spacial score (nSPS) is 16.4. The van der Waals surface area contributed by atoms with Crippen LogP contribution < -0.4 is 76.1 Å². The van der Waals surface area contributed by atoms with E-state index in [1.54, 1.807) is 27.7 Å². The summed E-state index contributed by atoms with van der Waals surface area (Å²) in [5, 5.41) is 63.4. The number of amides is 12. The van der Waals surface area contributed by atoms with E-state index < -0.39 is 175 Å². The fourth-order valence-corrected chi connectivity index (χ4v) is 8.05. The molecule has 1 fully saturated rings. The van der Waals surface area contributed by atoms with Gasteiger partial charge in [-0.1, -0.05) is 39.8 Å². The number of carboxylic acids is 1. The van der Waals surface area contributed by atoms with E-state index >= 15 is 0 Å². The van der Waals surface area contributed by atoms with Gasteiger partial charge in [0.2, 0.25) is 70.9 Å². The van der Waals surface area contributed by atoms with Crippen LogP contribution in [0.15, 0.2) is 29.3 Å². The summed E-state index contributed by atoms with van der Waals surface area (Å²) in [5.74, 6) is -14.1. The third-order valence-electron chi connectivity index (χ3n) is 13.0. The van der Waals surface area contributed by atoms with E-state index in [2.05, 4.69) is 58.2 Å². The maximum Gasteiger partial charge on any atom is 0.305 e. The molecule has 0 aromatic heterocycles. The van der Waals surface area contributed by atoms with Gasteiger partial charge in [0.1, 0.15) is 60.1 Å². The molecule has 1 aliphatic rings. The average molecular weight is 1190 g/mol. The zero-order valence-corrected chi connectivity index (χ0v) is 47.9. The Morgan fingerprint density at radius 3 is 1.73 bits per heavy atom. The predicted molar refractivity (Wildman–Crippen MR) is 297 cm³/mol. The van der Waals surface area contributed by atoms with Crippen molar-refractivity contribution in [1.29, 1.82) is 0 Å². The van der Waals surface area contributed by atoms with Gasteiger partial charge < -0.3 is 101 Å². The molecule has 33 heteroatoms. The lowest BCUT2D eigenvalue weighted by Gasteiger charge is -2.29. The number of guanidine groups is 1. The Balaban J connectivity index is 2.13. The number of aromatic hydroxyl groups is 1. The first-order chi connectivity index (χ1) is 39.3. The van der Waals surface area contributed by atoms with E-state index in [4.69, 9.17) is 22.9 Å². The number of nitrogens with one attached hydrogen (secondary N) is 10. The van der Waals surface area contributed by atoms with Crippen LogP contribution >= 0.6 is 0 Å². The topological polar surface area (TPSA) is 543 Å². The first-order valence-corrected chi connectivity index (χ1v) is 26.9. The summed E-state index contributed by atoms with van der Waals surface area (Å²) in [6, 6.07) is -8.06. The van der Waals surface area contributed by atoms with Gasteiger partial charge in [-0.15, -0.1) is 0 Å². The van der Waals surface area contributed by atoms with E-state index in [-0.39, 0.29) is 56.4 Å². The van der Waals surface area contributed by atoms with Crippen LogP contribution in [0.3, 0.4) is 0 Å². The lowest BCUT2D eigenvalue weighted by atomic mass is 10.0. The van der Waals surface area contributed by atoms with E-state index in [0.717, 1.165) is 11.8 Å². The molecule has 22 N–H and O–H groups in total. The molecule has 468 valence electrons. The van der Waals surface area contributed by atoms with E-state index in [9.17, 15) is 82.8 Å². The van der Waals surface area contributed by atoms with Crippen molar-refractivity contribution in [1.82, 2.24) is 58.1 Å². The number of carboxylic acid groups (broad SMARTS) is 1. The van der Waals surface area contributed by atoms with Crippen molar-refractivity contribution < 1.29 is 82.8 Å². The molecule has 2 rings (SSSR count). The number of primary amides is 1. The summed E-state index contributed by atoms with van der Waals surface area (Å²) >= 11 is 0. The summed E-state index contributed by atoms with van der Waals surface area (Å²) in [7, 11) is 0. The number of benzene rings is 1. The largest absolute Gasteiger partial charge is 0.508 e. The summed E-state index contributed by atoms with van der Waals surface area (Å²) in [6.45, 7) is 7.48. The van der Waals surface area contributed by atoms with Gasteiger partial charge in [-0.25, -0.2) is 0 Å². The van der Waals surface area contributed by atoms with Crippen LogP contribution in [0.5, 0.6) is 5.75 Å². The number of aliphatic hydroxyl groups excluding tert-OH is 2. The number of hydrogen-bond acceptors (Lipinski definition) is 18. The highest BCUT2D eigenvalue weighted by molar-refractivity contribution is 5.99. The molecule has 0 spiro atoms. The molecule has 1 aromatic rings.